The van der Waals surface area contributed by atoms with Crippen molar-refractivity contribution in [3.05, 3.63) is 58.1 Å². The third-order valence-corrected chi connectivity index (χ3v) is 3.53. The van der Waals surface area contributed by atoms with Gasteiger partial charge in [0.25, 0.3) is 5.91 Å². The molecular weight excluding hydrogens is 342 g/mol. The van der Waals surface area contributed by atoms with Crippen LogP contribution in [0.15, 0.2) is 46.9 Å². The second-order valence-electron chi connectivity index (χ2n) is 5.67. The van der Waals surface area contributed by atoms with Crippen molar-refractivity contribution < 1.29 is 9.53 Å². The van der Waals surface area contributed by atoms with Crippen LogP contribution in [0.5, 0.6) is 5.75 Å². The molecule has 2 aromatic carbocycles. The zero-order chi connectivity index (χ0) is 16.1. The molecule has 0 atom stereocenters. The number of carbonyl (C=O) groups excluding carboxylic acids is 1. The Morgan fingerprint density at radius 1 is 1.23 bits per heavy atom. The molecule has 0 fully saturated rings. The fraction of sp³-hybridized carbons (Fsp3) is 0.278. The van der Waals surface area contributed by atoms with Gasteiger partial charge in [0.1, 0.15) is 5.75 Å². The number of anilines is 1. The Morgan fingerprint density at radius 3 is 2.68 bits per heavy atom. The minimum Gasteiger partial charge on any atom is -0.492 e. The van der Waals surface area contributed by atoms with Crippen molar-refractivity contribution in [3.63, 3.8) is 0 Å². The summed E-state index contributed by atoms with van der Waals surface area (Å²) in [4.78, 5) is 12.5. The van der Waals surface area contributed by atoms with E-state index in [1.165, 1.54) is 0 Å². The highest BCUT2D eigenvalue weighted by Gasteiger charge is 2.14. The van der Waals surface area contributed by atoms with Crippen LogP contribution in [0.4, 0.5) is 5.69 Å². The van der Waals surface area contributed by atoms with E-state index in [0.717, 1.165) is 15.7 Å². The summed E-state index contributed by atoms with van der Waals surface area (Å²) in [5.74, 6) is 0.823. The zero-order valence-electron chi connectivity index (χ0n) is 13.0. The molecule has 0 spiro atoms. The molecule has 0 unspecified atom stereocenters. The number of halogens is 1. The zero-order valence-corrected chi connectivity index (χ0v) is 14.6. The first-order valence-corrected chi connectivity index (χ1v) is 8.05. The summed E-state index contributed by atoms with van der Waals surface area (Å²) in [5, 5.41) is 2.91. The summed E-state index contributed by atoms with van der Waals surface area (Å²) >= 11 is 3.41. The predicted octanol–water partition coefficient (Wildman–Crippen LogP) is 5.04. The van der Waals surface area contributed by atoms with Crippen LogP contribution >= 0.6 is 15.9 Å². The van der Waals surface area contributed by atoms with Gasteiger partial charge in [0.2, 0.25) is 0 Å². The molecule has 0 aliphatic heterocycles. The Morgan fingerprint density at radius 2 is 2.00 bits per heavy atom. The van der Waals surface area contributed by atoms with Crippen molar-refractivity contribution in [2.45, 2.75) is 20.8 Å². The molecule has 116 valence electrons. The Labute approximate surface area is 139 Å². The summed E-state index contributed by atoms with van der Waals surface area (Å²) < 4.78 is 6.60. The van der Waals surface area contributed by atoms with E-state index in [0.29, 0.717) is 23.8 Å². The first kappa shape index (κ1) is 16.6. The van der Waals surface area contributed by atoms with Crippen molar-refractivity contribution in [3.8, 4) is 5.75 Å². The van der Waals surface area contributed by atoms with Crippen molar-refractivity contribution in [2.24, 2.45) is 5.92 Å². The predicted molar refractivity (Wildman–Crippen MR) is 93.6 cm³/mol. The summed E-state index contributed by atoms with van der Waals surface area (Å²) in [5.41, 5.74) is 2.40. The van der Waals surface area contributed by atoms with Gasteiger partial charge in [-0.2, -0.15) is 0 Å². The van der Waals surface area contributed by atoms with E-state index >= 15 is 0 Å². The van der Waals surface area contributed by atoms with Crippen molar-refractivity contribution in [2.75, 3.05) is 11.9 Å². The molecular formula is C18H20BrNO2. The minimum atomic E-state index is -0.175. The van der Waals surface area contributed by atoms with Gasteiger partial charge in [0.15, 0.2) is 0 Å². The molecule has 0 saturated carbocycles. The maximum atomic E-state index is 12.5. The van der Waals surface area contributed by atoms with Crippen LogP contribution in [0.3, 0.4) is 0 Å². The number of rotatable bonds is 5. The van der Waals surface area contributed by atoms with Gasteiger partial charge in [-0.3, -0.25) is 4.79 Å². The lowest BCUT2D eigenvalue weighted by Gasteiger charge is -2.14. The van der Waals surface area contributed by atoms with Crippen LogP contribution in [0, 0.1) is 12.8 Å². The first-order valence-electron chi connectivity index (χ1n) is 7.26. The first-order chi connectivity index (χ1) is 10.5. The van der Waals surface area contributed by atoms with E-state index < -0.39 is 0 Å². The van der Waals surface area contributed by atoms with E-state index in [2.05, 4.69) is 35.1 Å². The SMILES string of the molecule is Cc1cccc(NC(=O)c2cc(Br)ccc2OCC(C)C)c1. The topological polar surface area (TPSA) is 38.3 Å². The smallest absolute Gasteiger partial charge is 0.259 e. The van der Waals surface area contributed by atoms with Gasteiger partial charge >= 0.3 is 0 Å². The van der Waals surface area contributed by atoms with Gasteiger partial charge in [-0.15, -0.1) is 0 Å². The fourth-order valence-corrected chi connectivity index (χ4v) is 2.34. The van der Waals surface area contributed by atoms with Gasteiger partial charge in [0.05, 0.1) is 12.2 Å². The molecule has 0 aliphatic carbocycles. The van der Waals surface area contributed by atoms with E-state index in [4.69, 9.17) is 4.74 Å². The van der Waals surface area contributed by atoms with Gasteiger partial charge in [-0.1, -0.05) is 41.9 Å². The van der Waals surface area contributed by atoms with Crippen LogP contribution in [-0.4, -0.2) is 12.5 Å². The average molecular weight is 362 g/mol. The highest BCUT2D eigenvalue weighted by molar-refractivity contribution is 9.10. The quantitative estimate of drug-likeness (QED) is 0.809. The highest BCUT2D eigenvalue weighted by Crippen LogP contribution is 2.25. The fourth-order valence-electron chi connectivity index (χ4n) is 1.98. The monoisotopic (exact) mass is 361 g/mol. The number of hydrogen-bond donors (Lipinski definition) is 1. The lowest BCUT2D eigenvalue weighted by atomic mass is 10.1. The van der Waals surface area contributed by atoms with Crippen LogP contribution in [0.1, 0.15) is 29.8 Å². The Bertz CT molecular complexity index is 668. The van der Waals surface area contributed by atoms with Gasteiger partial charge < -0.3 is 10.1 Å². The highest BCUT2D eigenvalue weighted by atomic mass is 79.9. The molecule has 2 aromatic rings. The lowest BCUT2D eigenvalue weighted by molar-refractivity contribution is 0.102. The molecule has 0 aliphatic rings. The molecule has 1 amide bonds. The summed E-state index contributed by atoms with van der Waals surface area (Å²) in [6, 6.07) is 13.2. The molecule has 2 rings (SSSR count). The number of amides is 1. The number of nitrogens with one attached hydrogen (secondary N) is 1. The number of benzene rings is 2. The molecule has 0 radical (unpaired) electrons. The summed E-state index contributed by atoms with van der Waals surface area (Å²) in [6.45, 7) is 6.72. The number of aryl methyl sites for hydroxylation is 1. The van der Waals surface area contributed by atoms with E-state index in [1.807, 2.05) is 43.3 Å². The molecule has 0 saturated heterocycles. The molecule has 3 nitrogen and oxygen atoms in total. The Balaban J connectivity index is 2.22. The summed E-state index contributed by atoms with van der Waals surface area (Å²) in [6.07, 6.45) is 0. The molecule has 0 bridgehead atoms. The van der Waals surface area contributed by atoms with Gasteiger partial charge in [-0.25, -0.2) is 0 Å². The van der Waals surface area contributed by atoms with Crippen molar-refractivity contribution in [1.29, 1.82) is 0 Å². The Hall–Kier alpha value is -1.81. The van der Waals surface area contributed by atoms with E-state index in [-0.39, 0.29) is 5.91 Å². The standard InChI is InChI=1S/C18H20BrNO2/c1-12(2)11-22-17-8-7-14(19)10-16(17)18(21)20-15-6-4-5-13(3)9-15/h4-10,12H,11H2,1-3H3,(H,20,21). The maximum Gasteiger partial charge on any atom is 0.259 e. The second-order valence-corrected chi connectivity index (χ2v) is 6.58. The average Bonchev–Trinajstić information content (AvgIpc) is 2.45. The van der Waals surface area contributed by atoms with Crippen LogP contribution in [-0.2, 0) is 0 Å². The number of ether oxygens (including phenoxy) is 1. The van der Waals surface area contributed by atoms with E-state index in [9.17, 15) is 4.79 Å². The number of carbonyl (C=O) groups is 1. The Kier molecular flexibility index (Phi) is 5.61. The largest absolute Gasteiger partial charge is 0.492 e. The minimum absolute atomic E-state index is 0.175. The van der Waals surface area contributed by atoms with Crippen LogP contribution in [0.25, 0.3) is 0 Å². The third-order valence-electron chi connectivity index (χ3n) is 3.03. The second kappa shape index (κ2) is 7.45. The van der Waals surface area contributed by atoms with E-state index in [1.54, 1.807) is 6.07 Å². The lowest BCUT2D eigenvalue weighted by Crippen LogP contribution is -2.15. The summed E-state index contributed by atoms with van der Waals surface area (Å²) in [7, 11) is 0. The molecule has 0 aromatic heterocycles. The van der Waals surface area contributed by atoms with Crippen molar-refractivity contribution >= 4 is 27.5 Å². The van der Waals surface area contributed by atoms with Crippen LogP contribution in [0.2, 0.25) is 0 Å². The number of hydrogen-bond acceptors (Lipinski definition) is 2. The van der Waals surface area contributed by atoms with Crippen molar-refractivity contribution in [1.82, 2.24) is 0 Å². The molecule has 1 N–H and O–H groups in total. The molecule has 22 heavy (non-hydrogen) atoms. The molecule has 4 heteroatoms. The third kappa shape index (κ3) is 4.60. The molecule has 0 heterocycles. The maximum absolute atomic E-state index is 12.5. The normalized spacial score (nSPS) is 10.6. The van der Waals surface area contributed by atoms with Gasteiger partial charge in [0, 0.05) is 10.2 Å². The van der Waals surface area contributed by atoms with Crippen LogP contribution < -0.4 is 10.1 Å². The van der Waals surface area contributed by atoms with Gasteiger partial charge in [-0.05, 0) is 48.7 Å².